The highest BCUT2D eigenvalue weighted by molar-refractivity contribution is 5.82. The largest absolute Gasteiger partial charge is 0.505 e. The summed E-state index contributed by atoms with van der Waals surface area (Å²) in [7, 11) is 0. The number of non-ortho nitro benzene ring substituents is 1. The van der Waals surface area contributed by atoms with Crippen LogP contribution in [0.25, 0.3) is 0 Å². The van der Waals surface area contributed by atoms with E-state index in [2.05, 4.69) is 25.8 Å². The van der Waals surface area contributed by atoms with Crippen LogP contribution >= 0.6 is 0 Å². The molecular weight excluding hydrogens is 280 g/mol. The molecule has 114 valence electrons. The van der Waals surface area contributed by atoms with E-state index in [-0.39, 0.29) is 16.9 Å². The maximum absolute atomic E-state index is 10.6. The van der Waals surface area contributed by atoms with Crippen molar-refractivity contribution in [2.45, 2.75) is 26.2 Å². The Hall–Kier alpha value is -2.69. The van der Waals surface area contributed by atoms with Crippen LogP contribution in [0.2, 0.25) is 0 Å². The van der Waals surface area contributed by atoms with Gasteiger partial charge in [-0.2, -0.15) is 0 Å². The number of nitrogens with zero attached hydrogens (tertiary/aromatic N) is 2. The third kappa shape index (κ3) is 3.69. The first-order valence-electron chi connectivity index (χ1n) is 6.89. The van der Waals surface area contributed by atoms with Gasteiger partial charge in [-0.1, -0.05) is 45.0 Å². The molecule has 0 spiro atoms. The van der Waals surface area contributed by atoms with Crippen molar-refractivity contribution in [2.75, 3.05) is 0 Å². The normalized spacial score (nSPS) is 11.8. The van der Waals surface area contributed by atoms with Crippen LogP contribution in [0.15, 0.2) is 47.5 Å². The molecule has 0 saturated heterocycles. The highest BCUT2D eigenvalue weighted by Crippen LogP contribution is 2.30. The maximum atomic E-state index is 10.6. The number of nitro groups is 1. The van der Waals surface area contributed by atoms with E-state index in [1.807, 2.05) is 24.3 Å². The molecule has 22 heavy (non-hydrogen) atoms. The number of hydrogen-bond acceptors (Lipinski definition) is 4. The number of benzene rings is 2. The van der Waals surface area contributed by atoms with Gasteiger partial charge < -0.3 is 5.11 Å². The summed E-state index contributed by atoms with van der Waals surface area (Å²) in [6.07, 6.45) is 1.62. The average Bonchev–Trinajstić information content (AvgIpc) is 2.45. The average molecular weight is 298 g/mol. The first-order valence-corrected chi connectivity index (χ1v) is 6.89. The molecular formula is C17H18N2O3. The predicted octanol–water partition coefficient (Wildman–Crippen LogP) is 4.35. The molecule has 2 rings (SSSR count). The lowest BCUT2D eigenvalue weighted by Crippen LogP contribution is -2.10. The van der Waals surface area contributed by atoms with Gasteiger partial charge in [0.1, 0.15) is 11.4 Å². The van der Waals surface area contributed by atoms with E-state index in [1.165, 1.54) is 17.7 Å². The van der Waals surface area contributed by atoms with Crippen LogP contribution in [0, 0.1) is 10.1 Å². The van der Waals surface area contributed by atoms with Gasteiger partial charge in [0.2, 0.25) is 0 Å². The van der Waals surface area contributed by atoms with Crippen molar-refractivity contribution < 1.29 is 10.0 Å². The Bertz CT molecular complexity index is 714. The van der Waals surface area contributed by atoms with E-state index >= 15 is 0 Å². The van der Waals surface area contributed by atoms with Crippen molar-refractivity contribution in [2.24, 2.45) is 4.99 Å². The molecule has 0 bridgehead atoms. The molecule has 0 aliphatic rings. The fourth-order valence-corrected chi connectivity index (χ4v) is 1.95. The van der Waals surface area contributed by atoms with Gasteiger partial charge >= 0.3 is 0 Å². The molecule has 2 aromatic rings. The van der Waals surface area contributed by atoms with E-state index < -0.39 is 4.92 Å². The molecule has 0 unspecified atom stereocenters. The number of phenols is 1. The van der Waals surface area contributed by atoms with Crippen LogP contribution in [0.1, 0.15) is 31.9 Å². The van der Waals surface area contributed by atoms with Gasteiger partial charge in [0.15, 0.2) is 0 Å². The zero-order chi connectivity index (χ0) is 16.3. The molecule has 1 N–H and O–H groups in total. The molecule has 5 nitrogen and oxygen atoms in total. The molecule has 0 radical (unpaired) electrons. The number of rotatable bonds is 3. The van der Waals surface area contributed by atoms with Crippen LogP contribution in [-0.4, -0.2) is 16.2 Å². The Morgan fingerprint density at radius 1 is 1.14 bits per heavy atom. The number of phenolic OH excluding ortho intramolecular Hbond substituents is 1. The van der Waals surface area contributed by atoms with E-state index in [0.717, 1.165) is 11.6 Å². The third-order valence-corrected chi connectivity index (χ3v) is 3.30. The van der Waals surface area contributed by atoms with Crippen LogP contribution < -0.4 is 0 Å². The summed E-state index contributed by atoms with van der Waals surface area (Å²) >= 11 is 0. The van der Waals surface area contributed by atoms with E-state index in [4.69, 9.17) is 0 Å². The lowest BCUT2D eigenvalue weighted by Gasteiger charge is -2.18. The fourth-order valence-electron chi connectivity index (χ4n) is 1.95. The third-order valence-electron chi connectivity index (χ3n) is 3.30. The van der Waals surface area contributed by atoms with Gasteiger partial charge in [-0.05, 0) is 22.6 Å². The molecule has 0 aromatic heterocycles. The molecule has 0 aliphatic carbocycles. The number of nitro benzene ring substituents is 1. The summed E-state index contributed by atoms with van der Waals surface area (Å²) in [6, 6.07) is 11.8. The Kier molecular flexibility index (Phi) is 4.26. The van der Waals surface area contributed by atoms with Crippen molar-refractivity contribution >= 4 is 17.6 Å². The summed E-state index contributed by atoms with van der Waals surface area (Å²) in [6.45, 7) is 6.43. The Morgan fingerprint density at radius 2 is 1.77 bits per heavy atom. The van der Waals surface area contributed by atoms with E-state index in [1.54, 1.807) is 6.21 Å². The summed E-state index contributed by atoms with van der Waals surface area (Å²) in [4.78, 5) is 14.2. The van der Waals surface area contributed by atoms with Crippen molar-refractivity contribution in [1.82, 2.24) is 0 Å². The molecule has 0 heterocycles. The molecule has 0 fully saturated rings. The number of aromatic hydroxyl groups is 1. The van der Waals surface area contributed by atoms with Gasteiger partial charge in [-0.3, -0.25) is 15.1 Å². The number of aliphatic imine (C=N–C) groups is 1. The Balaban J connectivity index is 2.20. The SMILES string of the molecule is CC(C)(C)c1ccc(C=Nc2ccc([N+](=O)[O-])cc2O)cc1. The van der Waals surface area contributed by atoms with Gasteiger partial charge in [0, 0.05) is 12.3 Å². The zero-order valence-electron chi connectivity index (χ0n) is 12.8. The van der Waals surface area contributed by atoms with E-state index in [9.17, 15) is 15.2 Å². The summed E-state index contributed by atoms with van der Waals surface area (Å²) < 4.78 is 0. The first-order chi connectivity index (χ1) is 10.3. The Labute approximate surface area is 129 Å². The van der Waals surface area contributed by atoms with Crippen molar-refractivity contribution in [3.05, 3.63) is 63.7 Å². The molecule has 0 atom stereocenters. The van der Waals surface area contributed by atoms with Gasteiger partial charge in [-0.25, -0.2) is 0 Å². The number of hydrogen-bond donors (Lipinski definition) is 1. The van der Waals surface area contributed by atoms with Crippen LogP contribution in [0.4, 0.5) is 11.4 Å². The van der Waals surface area contributed by atoms with Gasteiger partial charge in [0.25, 0.3) is 5.69 Å². The van der Waals surface area contributed by atoms with Gasteiger partial charge in [-0.15, -0.1) is 0 Å². The standard InChI is InChI=1S/C17H18N2O3/c1-17(2,3)13-6-4-12(5-7-13)11-18-15-9-8-14(19(21)22)10-16(15)20/h4-11,20H,1-3H3. The van der Waals surface area contributed by atoms with Crippen LogP contribution in [0.3, 0.4) is 0 Å². The summed E-state index contributed by atoms with van der Waals surface area (Å²) in [5.41, 5.74) is 2.34. The van der Waals surface area contributed by atoms with Crippen molar-refractivity contribution in [3.63, 3.8) is 0 Å². The first kappa shape index (κ1) is 15.7. The molecule has 2 aromatic carbocycles. The smallest absolute Gasteiger partial charge is 0.273 e. The minimum absolute atomic E-state index is 0.0896. The topological polar surface area (TPSA) is 75.7 Å². The van der Waals surface area contributed by atoms with E-state index in [0.29, 0.717) is 5.69 Å². The molecule has 0 amide bonds. The predicted molar refractivity (Wildman–Crippen MR) is 87.2 cm³/mol. The monoisotopic (exact) mass is 298 g/mol. The lowest BCUT2D eigenvalue weighted by molar-refractivity contribution is -0.384. The summed E-state index contributed by atoms with van der Waals surface area (Å²) in [5, 5.41) is 20.4. The second-order valence-electron chi connectivity index (χ2n) is 6.06. The van der Waals surface area contributed by atoms with Crippen LogP contribution in [0.5, 0.6) is 5.75 Å². The van der Waals surface area contributed by atoms with Gasteiger partial charge in [0.05, 0.1) is 11.0 Å². The van der Waals surface area contributed by atoms with Crippen molar-refractivity contribution in [3.8, 4) is 5.75 Å². The quantitative estimate of drug-likeness (QED) is 0.520. The van der Waals surface area contributed by atoms with Crippen LogP contribution in [-0.2, 0) is 5.41 Å². The second-order valence-corrected chi connectivity index (χ2v) is 6.06. The Morgan fingerprint density at radius 3 is 2.27 bits per heavy atom. The molecule has 0 saturated carbocycles. The zero-order valence-corrected chi connectivity index (χ0v) is 12.8. The molecule has 5 heteroatoms. The second kappa shape index (κ2) is 5.97. The summed E-state index contributed by atoms with van der Waals surface area (Å²) in [5.74, 6) is -0.211. The lowest BCUT2D eigenvalue weighted by atomic mass is 9.87. The highest BCUT2D eigenvalue weighted by Gasteiger charge is 2.12. The highest BCUT2D eigenvalue weighted by atomic mass is 16.6. The maximum Gasteiger partial charge on any atom is 0.273 e. The minimum Gasteiger partial charge on any atom is -0.505 e. The fraction of sp³-hybridized carbons (Fsp3) is 0.235. The molecule has 0 aliphatic heterocycles. The minimum atomic E-state index is -0.557. The van der Waals surface area contributed by atoms with Crippen molar-refractivity contribution in [1.29, 1.82) is 0 Å².